The molecule has 9 heteroatoms. The topological polar surface area (TPSA) is 86.8 Å². The van der Waals surface area contributed by atoms with E-state index in [-0.39, 0.29) is 31.3 Å². The van der Waals surface area contributed by atoms with Crippen LogP contribution in [0.3, 0.4) is 0 Å². The third-order valence-corrected chi connectivity index (χ3v) is 7.14. The minimum atomic E-state index is -3.54. The molecule has 2 amide bonds. The van der Waals surface area contributed by atoms with E-state index >= 15 is 0 Å². The first-order valence-corrected chi connectivity index (χ1v) is 13.5. The van der Waals surface area contributed by atoms with Crippen LogP contribution >= 0.6 is 11.6 Å². The third-order valence-electron chi connectivity index (χ3n) is 5.58. The van der Waals surface area contributed by atoms with Gasteiger partial charge in [0.1, 0.15) is 6.04 Å². The van der Waals surface area contributed by atoms with Gasteiger partial charge in [-0.15, -0.1) is 0 Å². The van der Waals surface area contributed by atoms with Gasteiger partial charge >= 0.3 is 0 Å². The number of benzene rings is 2. The van der Waals surface area contributed by atoms with Gasteiger partial charge in [-0.25, -0.2) is 8.42 Å². The van der Waals surface area contributed by atoms with Crippen molar-refractivity contribution in [2.45, 2.75) is 52.6 Å². The summed E-state index contributed by atoms with van der Waals surface area (Å²) in [5.41, 5.74) is 3.24. The Bertz CT molecular complexity index is 1100. The number of amides is 2. The molecular formula is C25H34ClN3O4S. The van der Waals surface area contributed by atoms with E-state index in [1.807, 2.05) is 51.1 Å². The van der Waals surface area contributed by atoms with Gasteiger partial charge in [0.15, 0.2) is 0 Å². The molecule has 186 valence electrons. The molecule has 0 heterocycles. The Morgan fingerprint density at radius 1 is 1.09 bits per heavy atom. The smallest absolute Gasteiger partial charge is 0.242 e. The second-order valence-electron chi connectivity index (χ2n) is 8.44. The normalized spacial score (nSPS) is 12.2. The fourth-order valence-corrected chi connectivity index (χ4v) is 5.14. The Morgan fingerprint density at radius 2 is 1.71 bits per heavy atom. The maximum absolute atomic E-state index is 13.3. The van der Waals surface area contributed by atoms with E-state index in [4.69, 9.17) is 11.6 Å². The summed E-state index contributed by atoms with van der Waals surface area (Å²) in [5, 5.41) is 3.14. The molecule has 2 rings (SSSR count). The molecule has 2 aromatic carbocycles. The largest absolute Gasteiger partial charge is 0.357 e. The molecule has 0 saturated carbocycles. The van der Waals surface area contributed by atoms with Crippen molar-refractivity contribution in [3.63, 3.8) is 0 Å². The number of carbonyl (C=O) groups excluding carboxylic acids is 2. The second kappa shape index (κ2) is 12.2. The molecule has 1 atom stereocenters. The van der Waals surface area contributed by atoms with E-state index in [2.05, 4.69) is 5.32 Å². The predicted molar refractivity (Wildman–Crippen MR) is 137 cm³/mol. The summed E-state index contributed by atoms with van der Waals surface area (Å²) in [6, 6.07) is 12.2. The molecule has 7 nitrogen and oxygen atoms in total. The summed E-state index contributed by atoms with van der Waals surface area (Å²) in [5.74, 6) is -0.486. The summed E-state index contributed by atoms with van der Waals surface area (Å²) in [6.45, 7) is 6.02. The van der Waals surface area contributed by atoms with Gasteiger partial charge in [0.2, 0.25) is 21.8 Å². The molecule has 1 unspecified atom stereocenters. The lowest BCUT2D eigenvalue weighted by Crippen LogP contribution is -2.48. The van der Waals surface area contributed by atoms with E-state index in [1.165, 1.54) is 16.3 Å². The van der Waals surface area contributed by atoms with Crippen LogP contribution in [-0.2, 0) is 26.2 Å². The second-order valence-corrected chi connectivity index (χ2v) is 10.7. The summed E-state index contributed by atoms with van der Waals surface area (Å²) < 4.78 is 26.3. The Morgan fingerprint density at radius 3 is 2.24 bits per heavy atom. The predicted octanol–water partition coefficient (Wildman–Crippen LogP) is 4.06. The van der Waals surface area contributed by atoms with Crippen LogP contribution in [0.1, 0.15) is 42.9 Å². The number of aryl methyl sites for hydroxylation is 2. The van der Waals surface area contributed by atoms with Crippen LogP contribution in [0.25, 0.3) is 0 Å². The molecule has 0 saturated heterocycles. The molecule has 0 bridgehead atoms. The molecular weight excluding hydrogens is 474 g/mol. The van der Waals surface area contributed by atoms with Gasteiger partial charge in [-0.2, -0.15) is 0 Å². The highest BCUT2D eigenvalue weighted by molar-refractivity contribution is 7.92. The maximum atomic E-state index is 13.3. The highest BCUT2D eigenvalue weighted by atomic mass is 35.5. The number of hydrogen-bond donors (Lipinski definition) is 1. The van der Waals surface area contributed by atoms with E-state index in [9.17, 15) is 18.0 Å². The highest BCUT2D eigenvalue weighted by Gasteiger charge is 2.28. The van der Waals surface area contributed by atoms with E-state index in [0.717, 1.165) is 22.9 Å². The van der Waals surface area contributed by atoms with Crippen LogP contribution in [0.2, 0.25) is 5.02 Å². The summed E-state index contributed by atoms with van der Waals surface area (Å²) >= 11 is 6.31. The lowest BCUT2D eigenvalue weighted by molar-refractivity contribution is -0.141. The number of sulfonamides is 1. The SMILES string of the molecule is CCC(C(=O)NC)N(Cc1ccccc1Cl)C(=O)CCCN(c1cc(C)cc(C)c1)S(C)(=O)=O. The first-order valence-electron chi connectivity index (χ1n) is 11.3. The van der Waals surface area contributed by atoms with Crippen molar-refractivity contribution in [2.75, 3.05) is 24.2 Å². The molecule has 0 aliphatic rings. The van der Waals surface area contributed by atoms with Crippen LogP contribution < -0.4 is 9.62 Å². The Kier molecular flexibility index (Phi) is 9.94. The fourth-order valence-electron chi connectivity index (χ4n) is 3.99. The van der Waals surface area contributed by atoms with Crippen molar-refractivity contribution in [2.24, 2.45) is 0 Å². The number of likely N-dealkylation sites (N-methyl/N-ethyl adjacent to an activating group) is 1. The van der Waals surface area contributed by atoms with E-state index < -0.39 is 16.1 Å². The average molecular weight is 508 g/mol. The monoisotopic (exact) mass is 507 g/mol. The lowest BCUT2D eigenvalue weighted by Gasteiger charge is -2.31. The zero-order valence-corrected chi connectivity index (χ0v) is 22.0. The van der Waals surface area contributed by atoms with Gasteiger partial charge in [0.05, 0.1) is 11.9 Å². The van der Waals surface area contributed by atoms with E-state index in [0.29, 0.717) is 23.6 Å². The van der Waals surface area contributed by atoms with Crippen molar-refractivity contribution in [3.8, 4) is 0 Å². The van der Waals surface area contributed by atoms with Crippen LogP contribution in [-0.4, -0.2) is 51.0 Å². The van der Waals surface area contributed by atoms with Crippen LogP contribution in [0.15, 0.2) is 42.5 Å². The quantitative estimate of drug-likeness (QED) is 0.497. The van der Waals surface area contributed by atoms with Crippen LogP contribution in [0.4, 0.5) is 5.69 Å². The number of halogens is 1. The minimum Gasteiger partial charge on any atom is -0.357 e. The zero-order chi connectivity index (χ0) is 25.5. The maximum Gasteiger partial charge on any atom is 0.242 e. The molecule has 0 aliphatic heterocycles. The number of carbonyl (C=O) groups is 2. The number of nitrogens with one attached hydrogen (secondary N) is 1. The molecule has 0 fully saturated rings. The van der Waals surface area contributed by atoms with Crippen molar-refractivity contribution in [3.05, 3.63) is 64.2 Å². The number of nitrogens with zero attached hydrogens (tertiary/aromatic N) is 2. The van der Waals surface area contributed by atoms with Gasteiger partial charge in [0.25, 0.3) is 0 Å². The highest BCUT2D eigenvalue weighted by Crippen LogP contribution is 2.23. The van der Waals surface area contributed by atoms with Crippen LogP contribution in [0, 0.1) is 13.8 Å². The lowest BCUT2D eigenvalue weighted by atomic mass is 10.1. The minimum absolute atomic E-state index is 0.0920. The molecule has 34 heavy (non-hydrogen) atoms. The van der Waals surface area contributed by atoms with Gasteiger partial charge in [-0.1, -0.05) is 42.8 Å². The fraction of sp³-hybridized carbons (Fsp3) is 0.440. The number of hydrogen-bond acceptors (Lipinski definition) is 4. The van der Waals surface area contributed by atoms with E-state index in [1.54, 1.807) is 12.1 Å². The Hall–Kier alpha value is -2.58. The van der Waals surface area contributed by atoms with Crippen molar-refractivity contribution < 1.29 is 18.0 Å². The standard InChI is InChI=1S/C25H34ClN3O4S/c1-6-23(25(31)27-4)28(17-20-10-7-8-11-22(20)26)24(30)12-9-13-29(34(5,32)33)21-15-18(2)14-19(3)16-21/h7-8,10-11,14-16,23H,6,9,12-13,17H2,1-5H3,(H,27,31). The molecule has 0 aromatic heterocycles. The van der Waals surface area contributed by atoms with Crippen LogP contribution in [0.5, 0.6) is 0 Å². The average Bonchev–Trinajstić information content (AvgIpc) is 2.75. The first-order chi connectivity index (χ1) is 16.0. The van der Waals surface area contributed by atoms with Gasteiger partial charge < -0.3 is 10.2 Å². The van der Waals surface area contributed by atoms with Gasteiger partial charge in [0, 0.05) is 31.6 Å². The summed E-state index contributed by atoms with van der Waals surface area (Å²) in [7, 11) is -2.00. The zero-order valence-electron chi connectivity index (χ0n) is 20.5. The van der Waals surface area contributed by atoms with Crippen molar-refractivity contribution in [1.82, 2.24) is 10.2 Å². The van der Waals surface area contributed by atoms with Crippen molar-refractivity contribution >= 4 is 39.1 Å². The summed E-state index contributed by atoms with van der Waals surface area (Å²) in [4.78, 5) is 27.3. The number of anilines is 1. The molecule has 0 aliphatic carbocycles. The molecule has 2 aromatic rings. The molecule has 1 N–H and O–H groups in total. The Labute approximate surface area is 208 Å². The van der Waals surface area contributed by atoms with Gasteiger partial charge in [-0.05, 0) is 61.6 Å². The number of rotatable bonds is 11. The molecule has 0 radical (unpaired) electrons. The summed E-state index contributed by atoms with van der Waals surface area (Å²) in [6.07, 6.45) is 2.00. The van der Waals surface area contributed by atoms with Gasteiger partial charge in [-0.3, -0.25) is 13.9 Å². The third kappa shape index (κ3) is 7.46. The van der Waals surface area contributed by atoms with Crippen molar-refractivity contribution in [1.29, 1.82) is 0 Å². The Balaban J connectivity index is 2.23. The molecule has 0 spiro atoms. The first kappa shape index (κ1) is 27.7.